The van der Waals surface area contributed by atoms with Gasteiger partial charge in [-0.1, -0.05) is 18.2 Å². The third-order valence-electron chi connectivity index (χ3n) is 3.38. The Morgan fingerprint density at radius 1 is 1.29 bits per heavy atom. The highest BCUT2D eigenvalue weighted by Gasteiger charge is 2.02. The fraction of sp³-hybridized carbons (Fsp3) is 0.118. The average Bonchev–Trinajstić information content (AvgIpc) is 3.15. The standard InChI is InChI=1S/C17H18N6O/c1-24-15-5-3-2-4-14(15)22-17(18)21-11-13-6-7-16(20-10-13)23-9-8-19-12-23/h2-10,12H,11H2,1H3,(H3,18,21,22). The van der Waals surface area contributed by atoms with Crippen molar-refractivity contribution in [3.8, 4) is 11.6 Å². The fourth-order valence-corrected chi connectivity index (χ4v) is 2.16. The van der Waals surface area contributed by atoms with E-state index in [4.69, 9.17) is 10.5 Å². The van der Waals surface area contributed by atoms with Gasteiger partial charge < -0.3 is 15.8 Å². The van der Waals surface area contributed by atoms with Crippen LogP contribution in [-0.2, 0) is 6.54 Å². The van der Waals surface area contributed by atoms with Gasteiger partial charge in [0.1, 0.15) is 17.9 Å². The van der Waals surface area contributed by atoms with E-state index < -0.39 is 0 Å². The van der Waals surface area contributed by atoms with Crippen molar-refractivity contribution in [3.05, 3.63) is 66.9 Å². The third kappa shape index (κ3) is 3.70. The lowest BCUT2D eigenvalue weighted by Gasteiger charge is -2.10. The number of anilines is 1. The summed E-state index contributed by atoms with van der Waals surface area (Å²) in [6, 6.07) is 11.4. The molecule has 0 unspecified atom stereocenters. The molecule has 0 bridgehead atoms. The maximum atomic E-state index is 5.93. The number of pyridine rings is 1. The van der Waals surface area contributed by atoms with Crippen LogP contribution < -0.4 is 15.8 Å². The van der Waals surface area contributed by atoms with E-state index in [9.17, 15) is 0 Å². The fourth-order valence-electron chi connectivity index (χ4n) is 2.16. The lowest BCUT2D eigenvalue weighted by atomic mass is 10.3. The van der Waals surface area contributed by atoms with E-state index in [2.05, 4.69) is 20.3 Å². The van der Waals surface area contributed by atoms with Crippen LogP contribution >= 0.6 is 0 Å². The Balaban J connectivity index is 1.64. The lowest BCUT2D eigenvalue weighted by molar-refractivity contribution is 0.417. The van der Waals surface area contributed by atoms with Gasteiger partial charge in [-0.3, -0.25) is 4.57 Å². The maximum Gasteiger partial charge on any atom is 0.193 e. The van der Waals surface area contributed by atoms with Crippen LogP contribution in [0.3, 0.4) is 0 Å². The van der Waals surface area contributed by atoms with E-state index in [1.54, 1.807) is 25.8 Å². The Morgan fingerprint density at radius 2 is 2.17 bits per heavy atom. The number of benzene rings is 1. The number of guanidine groups is 1. The summed E-state index contributed by atoms with van der Waals surface area (Å²) in [5.74, 6) is 1.83. The van der Waals surface area contributed by atoms with Crippen LogP contribution in [0.1, 0.15) is 5.56 Å². The van der Waals surface area contributed by atoms with Crippen LogP contribution in [0.4, 0.5) is 5.69 Å². The Labute approximate surface area is 139 Å². The molecule has 0 spiro atoms. The molecule has 7 nitrogen and oxygen atoms in total. The minimum Gasteiger partial charge on any atom is -0.495 e. The molecule has 0 aliphatic carbocycles. The molecule has 3 rings (SSSR count). The van der Waals surface area contributed by atoms with E-state index in [1.165, 1.54) is 0 Å². The summed E-state index contributed by atoms with van der Waals surface area (Å²) in [5, 5.41) is 3.04. The molecule has 0 radical (unpaired) electrons. The Morgan fingerprint density at radius 3 is 2.88 bits per heavy atom. The number of nitrogens with two attached hydrogens (primary N) is 1. The number of ether oxygens (including phenoxy) is 1. The van der Waals surface area contributed by atoms with Gasteiger partial charge in [0.05, 0.1) is 19.3 Å². The smallest absolute Gasteiger partial charge is 0.193 e. The molecule has 1 aromatic carbocycles. The first-order valence-electron chi connectivity index (χ1n) is 7.39. The molecule has 2 heterocycles. The minimum atomic E-state index is 0.318. The van der Waals surface area contributed by atoms with Crippen LogP contribution in [-0.4, -0.2) is 27.6 Å². The highest BCUT2D eigenvalue weighted by molar-refractivity contribution is 5.93. The van der Waals surface area contributed by atoms with E-state index in [0.29, 0.717) is 18.3 Å². The minimum absolute atomic E-state index is 0.318. The van der Waals surface area contributed by atoms with Crippen molar-refractivity contribution in [2.24, 2.45) is 10.7 Å². The molecular weight excluding hydrogens is 304 g/mol. The molecule has 0 amide bonds. The molecule has 0 saturated carbocycles. The summed E-state index contributed by atoms with van der Waals surface area (Å²) >= 11 is 0. The predicted octanol–water partition coefficient (Wildman–Crippen LogP) is 2.20. The van der Waals surface area contributed by atoms with Crippen LogP contribution in [0.25, 0.3) is 5.82 Å². The van der Waals surface area contributed by atoms with Crippen LogP contribution in [0.15, 0.2) is 66.3 Å². The average molecular weight is 322 g/mol. The van der Waals surface area contributed by atoms with Crippen molar-refractivity contribution in [1.82, 2.24) is 14.5 Å². The number of rotatable bonds is 5. The Bertz CT molecular complexity index is 811. The monoisotopic (exact) mass is 322 g/mol. The predicted molar refractivity (Wildman–Crippen MR) is 93.3 cm³/mol. The molecule has 2 aromatic heterocycles. The van der Waals surface area contributed by atoms with Crippen LogP contribution in [0, 0.1) is 0 Å². The number of imidazole rings is 1. The molecule has 24 heavy (non-hydrogen) atoms. The summed E-state index contributed by atoms with van der Waals surface area (Å²) in [5.41, 5.74) is 7.67. The van der Waals surface area contributed by atoms with Crippen molar-refractivity contribution in [1.29, 1.82) is 0 Å². The number of para-hydroxylation sites is 2. The number of aliphatic imine (C=N–C) groups is 1. The lowest BCUT2D eigenvalue weighted by Crippen LogP contribution is -2.22. The van der Waals surface area contributed by atoms with E-state index >= 15 is 0 Å². The van der Waals surface area contributed by atoms with Crippen molar-refractivity contribution in [3.63, 3.8) is 0 Å². The van der Waals surface area contributed by atoms with E-state index in [-0.39, 0.29) is 0 Å². The molecule has 0 aliphatic heterocycles. The van der Waals surface area contributed by atoms with Gasteiger partial charge in [0, 0.05) is 18.6 Å². The SMILES string of the molecule is COc1ccccc1NC(N)=NCc1ccc(-n2ccnc2)nc1. The molecule has 0 aliphatic rings. The van der Waals surface area contributed by atoms with Gasteiger partial charge in [0.25, 0.3) is 0 Å². The number of nitrogens with zero attached hydrogens (tertiary/aromatic N) is 4. The molecule has 3 N–H and O–H groups in total. The number of methoxy groups -OCH3 is 1. The first kappa shape index (κ1) is 15.5. The zero-order chi connectivity index (χ0) is 16.8. The van der Waals surface area contributed by atoms with Crippen molar-refractivity contribution >= 4 is 11.6 Å². The summed E-state index contributed by atoms with van der Waals surface area (Å²) in [6.45, 7) is 0.436. The molecule has 7 heteroatoms. The second-order valence-electron chi connectivity index (χ2n) is 5.02. The summed E-state index contributed by atoms with van der Waals surface area (Å²) in [7, 11) is 1.61. The van der Waals surface area contributed by atoms with Gasteiger partial charge in [0.2, 0.25) is 0 Å². The number of aromatic nitrogens is 3. The topological polar surface area (TPSA) is 90.3 Å². The van der Waals surface area contributed by atoms with Crippen molar-refractivity contribution in [2.45, 2.75) is 6.54 Å². The van der Waals surface area contributed by atoms with E-state index in [1.807, 2.05) is 47.2 Å². The van der Waals surface area contributed by atoms with Gasteiger partial charge in [-0.2, -0.15) is 0 Å². The summed E-state index contributed by atoms with van der Waals surface area (Å²) in [4.78, 5) is 12.7. The number of nitrogens with one attached hydrogen (secondary N) is 1. The first-order valence-corrected chi connectivity index (χ1v) is 7.39. The summed E-state index contributed by atoms with van der Waals surface area (Å²) < 4.78 is 7.11. The number of hydrogen-bond donors (Lipinski definition) is 2. The number of hydrogen-bond acceptors (Lipinski definition) is 4. The van der Waals surface area contributed by atoms with E-state index in [0.717, 1.165) is 17.1 Å². The third-order valence-corrected chi connectivity index (χ3v) is 3.38. The normalized spacial score (nSPS) is 11.3. The Hall–Kier alpha value is -3.35. The van der Waals surface area contributed by atoms with Gasteiger partial charge in [0.15, 0.2) is 5.96 Å². The quantitative estimate of drug-likeness (QED) is 0.555. The second-order valence-corrected chi connectivity index (χ2v) is 5.02. The molecule has 0 fully saturated rings. The zero-order valence-electron chi connectivity index (χ0n) is 13.3. The van der Waals surface area contributed by atoms with Gasteiger partial charge in [-0.05, 0) is 23.8 Å². The Kier molecular flexibility index (Phi) is 4.71. The van der Waals surface area contributed by atoms with Crippen molar-refractivity contribution < 1.29 is 4.74 Å². The maximum absolute atomic E-state index is 5.93. The van der Waals surface area contributed by atoms with Crippen molar-refractivity contribution in [2.75, 3.05) is 12.4 Å². The van der Waals surface area contributed by atoms with Crippen LogP contribution in [0.2, 0.25) is 0 Å². The van der Waals surface area contributed by atoms with Gasteiger partial charge >= 0.3 is 0 Å². The highest BCUT2D eigenvalue weighted by atomic mass is 16.5. The zero-order valence-corrected chi connectivity index (χ0v) is 13.3. The molecule has 0 atom stereocenters. The molecule has 122 valence electrons. The van der Waals surface area contributed by atoms with Gasteiger partial charge in [-0.25, -0.2) is 15.0 Å². The first-order chi connectivity index (χ1) is 11.8. The molecular formula is C17H18N6O. The molecule has 0 saturated heterocycles. The second kappa shape index (κ2) is 7.28. The van der Waals surface area contributed by atoms with Crippen LogP contribution in [0.5, 0.6) is 5.75 Å². The largest absolute Gasteiger partial charge is 0.495 e. The van der Waals surface area contributed by atoms with Gasteiger partial charge in [-0.15, -0.1) is 0 Å². The summed E-state index contributed by atoms with van der Waals surface area (Å²) in [6.07, 6.45) is 7.03. The highest BCUT2D eigenvalue weighted by Crippen LogP contribution is 2.22. The molecule has 3 aromatic rings.